The molecule has 1 saturated heterocycles. The van der Waals surface area contributed by atoms with Gasteiger partial charge in [-0.3, -0.25) is 9.59 Å². The minimum Gasteiger partial charge on any atom is -0.343 e. The van der Waals surface area contributed by atoms with Gasteiger partial charge in [-0.1, -0.05) is 48.0 Å². The van der Waals surface area contributed by atoms with Gasteiger partial charge in [0, 0.05) is 36.1 Å². The van der Waals surface area contributed by atoms with Crippen LogP contribution >= 0.6 is 11.6 Å². The molecule has 3 rings (SSSR count). The zero-order valence-electron chi connectivity index (χ0n) is 15.6. The van der Waals surface area contributed by atoms with Gasteiger partial charge < -0.3 is 10.2 Å². The predicted molar refractivity (Wildman–Crippen MR) is 109 cm³/mol. The molecule has 1 heterocycles. The van der Waals surface area contributed by atoms with Gasteiger partial charge in [0.25, 0.3) is 0 Å². The van der Waals surface area contributed by atoms with E-state index in [-0.39, 0.29) is 17.7 Å². The second kappa shape index (κ2) is 9.05. The third kappa shape index (κ3) is 5.10. The van der Waals surface area contributed by atoms with E-state index in [1.807, 2.05) is 60.4 Å². The van der Waals surface area contributed by atoms with E-state index in [1.165, 1.54) is 5.56 Å². The van der Waals surface area contributed by atoms with Gasteiger partial charge in [0.2, 0.25) is 11.8 Å². The zero-order valence-corrected chi connectivity index (χ0v) is 16.3. The average molecular weight is 385 g/mol. The molecule has 1 aliphatic rings. The Balaban J connectivity index is 1.47. The number of hydrogen-bond acceptors (Lipinski definition) is 2. The Labute approximate surface area is 165 Å². The van der Waals surface area contributed by atoms with Crippen LogP contribution in [0.3, 0.4) is 0 Å². The molecule has 1 N–H and O–H groups in total. The number of likely N-dealkylation sites (tertiary alicyclic amines) is 1. The summed E-state index contributed by atoms with van der Waals surface area (Å²) >= 11 is 6.12. The Morgan fingerprint density at radius 2 is 1.78 bits per heavy atom. The van der Waals surface area contributed by atoms with Crippen LogP contribution in [0, 0.1) is 12.8 Å². The number of hydrogen-bond donors (Lipinski definition) is 1. The molecule has 27 heavy (non-hydrogen) atoms. The number of piperidine rings is 1. The highest BCUT2D eigenvalue weighted by Gasteiger charge is 2.27. The highest BCUT2D eigenvalue weighted by Crippen LogP contribution is 2.25. The van der Waals surface area contributed by atoms with Crippen molar-refractivity contribution in [3.8, 4) is 0 Å². The molecule has 5 heteroatoms. The van der Waals surface area contributed by atoms with Crippen LogP contribution in [0.1, 0.15) is 30.4 Å². The number of amides is 2. The zero-order chi connectivity index (χ0) is 19.2. The maximum absolute atomic E-state index is 12.6. The van der Waals surface area contributed by atoms with Gasteiger partial charge in [-0.25, -0.2) is 0 Å². The van der Waals surface area contributed by atoms with Gasteiger partial charge >= 0.3 is 0 Å². The smallest absolute Gasteiger partial charge is 0.227 e. The predicted octanol–water partition coefficient (Wildman–Crippen LogP) is 4.46. The molecular formula is C22H25ClN2O2. The lowest BCUT2D eigenvalue weighted by Gasteiger charge is -2.31. The lowest BCUT2D eigenvalue weighted by atomic mass is 9.95. The molecule has 0 radical (unpaired) electrons. The first-order chi connectivity index (χ1) is 13.0. The summed E-state index contributed by atoms with van der Waals surface area (Å²) < 4.78 is 0. The number of carbonyl (C=O) groups excluding carboxylic acids is 2. The summed E-state index contributed by atoms with van der Waals surface area (Å²) in [6.07, 6.45) is 2.67. The molecule has 2 aromatic rings. The third-order valence-electron chi connectivity index (χ3n) is 5.21. The topological polar surface area (TPSA) is 49.4 Å². The summed E-state index contributed by atoms with van der Waals surface area (Å²) in [4.78, 5) is 26.9. The van der Waals surface area contributed by atoms with Crippen LogP contribution in [0.2, 0.25) is 5.02 Å². The van der Waals surface area contributed by atoms with Crippen molar-refractivity contribution < 1.29 is 9.59 Å². The molecule has 0 spiro atoms. The normalized spacial score (nSPS) is 14.8. The summed E-state index contributed by atoms with van der Waals surface area (Å²) in [7, 11) is 0. The van der Waals surface area contributed by atoms with Gasteiger partial charge in [0.05, 0.1) is 0 Å². The molecule has 0 aromatic heterocycles. The maximum Gasteiger partial charge on any atom is 0.227 e. The van der Waals surface area contributed by atoms with Crippen molar-refractivity contribution in [1.29, 1.82) is 0 Å². The number of halogens is 1. The number of rotatable bonds is 5. The Hall–Kier alpha value is -2.33. The molecule has 0 aliphatic carbocycles. The molecule has 0 atom stereocenters. The van der Waals surface area contributed by atoms with E-state index in [0.717, 1.165) is 17.7 Å². The molecule has 0 saturated carbocycles. The SMILES string of the molecule is Cc1c(Cl)cccc1NC(=O)C1CCN(C(=O)CCc2ccccc2)CC1. The summed E-state index contributed by atoms with van der Waals surface area (Å²) in [5.74, 6) is 0.113. The fourth-order valence-corrected chi connectivity index (χ4v) is 3.60. The van der Waals surface area contributed by atoms with E-state index in [2.05, 4.69) is 5.32 Å². The van der Waals surface area contributed by atoms with Crippen molar-refractivity contribution in [2.45, 2.75) is 32.6 Å². The van der Waals surface area contributed by atoms with Crippen molar-refractivity contribution in [3.05, 3.63) is 64.7 Å². The minimum atomic E-state index is -0.0680. The average Bonchev–Trinajstić information content (AvgIpc) is 2.70. The van der Waals surface area contributed by atoms with Crippen molar-refractivity contribution in [3.63, 3.8) is 0 Å². The van der Waals surface area contributed by atoms with Crippen molar-refractivity contribution in [2.75, 3.05) is 18.4 Å². The first-order valence-corrected chi connectivity index (χ1v) is 9.80. The van der Waals surface area contributed by atoms with Crippen LogP contribution in [-0.4, -0.2) is 29.8 Å². The molecule has 0 bridgehead atoms. The van der Waals surface area contributed by atoms with Crippen molar-refractivity contribution in [1.82, 2.24) is 4.90 Å². The summed E-state index contributed by atoms with van der Waals surface area (Å²) in [6, 6.07) is 15.6. The Morgan fingerprint density at radius 3 is 2.48 bits per heavy atom. The summed E-state index contributed by atoms with van der Waals surface area (Å²) in [6.45, 7) is 3.17. The standard InChI is InChI=1S/C22H25ClN2O2/c1-16-19(23)8-5-9-20(16)24-22(27)18-12-14-25(15-13-18)21(26)11-10-17-6-3-2-4-7-17/h2-9,18H,10-15H2,1H3,(H,24,27). The van der Waals surface area contributed by atoms with Crippen LogP contribution < -0.4 is 5.32 Å². The van der Waals surface area contributed by atoms with E-state index in [1.54, 1.807) is 0 Å². The van der Waals surface area contributed by atoms with Gasteiger partial charge in [-0.05, 0) is 49.4 Å². The lowest BCUT2D eigenvalue weighted by molar-refractivity contribution is -0.134. The van der Waals surface area contributed by atoms with Crippen LogP contribution in [0.4, 0.5) is 5.69 Å². The molecular weight excluding hydrogens is 360 g/mol. The van der Waals surface area contributed by atoms with Crippen molar-refractivity contribution >= 4 is 29.1 Å². The van der Waals surface area contributed by atoms with E-state index < -0.39 is 0 Å². The number of nitrogens with one attached hydrogen (secondary N) is 1. The summed E-state index contributed by atoms with van der Waals surface area (Å²) in [5, 5.41) is 3.63. The fourth-order valence-electron chi connectivity index (χ4n) is 3.42. The Morgan fingerprint density at radius 1 is 1.07 bits per heavy atom. The highest BCUT2D eigenvalue weighted by atomic mass is 35.5. The quantitative estimate of drug-likeness (QED) is 0.827. The molecule has 2 amide bonds. The number of aryl methyl sites for hydroxylation is 1. The molecule has 1 aliphatic heterocycles. The van der Waals surface area contributed by atoms with E-state index >= 15 is 0 Å². The molecule has 4 nitrogen and oxygen atoms in total. The highest BCUT2D eigenvalue weighted by molar-refractivity contribution is 6.31. The molecule has 142 valence electrons. The first kappa shape index (κ1) is 19.4. The van der Waals surface area contributed by atoms with Crippen molar-refractivity contribution in [2.24, 2.45) is 5.92 Å². The maximum atomic E-state index is 12.6. The molecule has 0 unspecified atom stereocenters. The van der Waals surface area contributed by atoms with E-state index in [9.17, 15) is 9.59 Å². The van der Waals surface area contributed by atoms with Gasteiger partial charge in [-0.15, -0.1) is 0 Å². The number of nitrogens with zero attached hydrogens (tertiary/aromatic N) is 1. The fraction of sp³-hybridized carbons (Fsp3) is 0.364. The molecule has 1 fully saturated rings. The number of benzene rings is 2. The van der Waals surface area contributed by atoms with Crippen LogP contribution in [-0.2, 0) is 16.0 Å². The molecule has 2 aromatic carbocycles. The van der Waals surface area contributed by atoms with Gasteiger partial charge in [0.1, 0.15) is 0 Å². The van der Waals surface area contributed by atoms with E-state index in [0.29, 0.717) is 37.4 Å². The summed E-state index contributed by atoms with van der Waals surface area (Å²) in [5.41, 5.74) is 2.81. The first-order valence-electron chi connectivity index (χ1n) is 9.42. The van der Waals surface area contributed by atoms with E-state index in [4.69, 9.17) is 11.6 Å². The number of anilines is 1. The second-order valence-corrected chi connectivity index (χ2v) is 7.45. The lowest BCUT2D eigenvalue weighted by Crippen LogP contribution is -2.41. The monoisotopic (exact) mass is 384 g/mol. The number of carbonyl (C=O) groups is 2. The van der Waals surface area contributed by atoms with Crippen LogP contribution in [0.15, 0.2) is 48.5 Å². The largest absolute Gasteiger partial charge is 0.343 e. The minimum absolute atomic E-state index is 0.0109. The third-order valence-corrected chi connectivity index (χ3v) is 5.62. The van der Waals surface area contributed by atoms with Gasteiger partial charge in [0.15, 0.2) is 0 Å². The van der Waals surface area contributed by atoms with Gasteiger partial charge in [-0.2, -0.15) is 0 Å². The Kier molecular flexibility index (Phi) is 6.51. The Bertz CT molecular complexity index is 799. The van der Waals surface area contributed by atoms with Crippen LogP contribution in [0.5, 0.6) is 0 Å². The second-order valence-electron chi connectivity index (χ2n) is 7.04. The van der Waals surface area contributed by atoms with Crippen LogP contribution in [0.25, 0.3) is 0 Å².